The number of aliphatic hydroxyl groups excluding tert-OH is 1. The van der Waals surface area contributed by atoms with E-state index < -0.39 is 0 Å². The van der Waals surface area contributed by atoms with Gasteiger partial charge in [0.1, 0.15) is 0 Å². The highest BCUT2D eigenvalue weighted by atomic mass is 16.5. The van der Waals surface area contributed by atoms with Gasteiger partial charge in [-0.1, -0.05) is 6.92 Å². The molecule has 0 radical (unpaired) electrons. The molecule has 2 N–H and O–H groups in total. The Morgan fingerprint density at radius 2 is 2.31 bits per heavy atom. The molecule has 78 valence electrons. The molecule has 0 saturated heterocycles. The summed E-state index contributed by atoms with van der Waals surface area (Å²) in [6, 6.07) is 0.683. The number of methoxy groups -OCH3 is 1. The molecule has 1 rings (SSSR count). The topological polar surface area (TPSA) is 41.5 Å². The van der Waals surface area contributed by atoms with Crippen molar-refractivity contribution in [3.8, 4) is 0 Å². The van der Waals surface area contributed by atoms with E-state index in [9.17, 15) is 5.11 Å². The van der Waals surface area contributed by atoms with Crippen molar-refractivity contribution in [1.82, 2.24) is 5.32 Å². The van der Waals surface area contributed by atoms with Crippen molar-refractivity contribution in [3.63, 3.8) is 0 Å². The second-order valence-corrected chi connectivity index (χ2v) is 3.83. The highest BCUT2D eigenvalue weighted by Crippen LogP contribution is 2.19. The Labute approximate surface area is 80.5 Å². The van der Waals surface area contributed by atoms with Crippen molar-refractivity contribution in [3.05, 3.63) is 0 Å². The molecule has 1 saturated carbocycles. The van der Waals surface area contributed by atoms with Crippen molar-refractivity contribution >= 4 is 0 Å². The first kappa shape index (κ1) is 11.0. The van der Waals surface area contributed by atoms with E-state index in [1.165, 1.54) is 0 Å². The van der Waals surface area contributed by atoms with Gasteiger partial charge in [0.2, 0.25) is 0 Å². The third-order valence-corrected chi connectivity index (χ3v) is 2.79. The Morgan fingerprint density at radius 1 is 1.54 bits per heavy atom. The molecule has 0 bridgehead atoms. The van der Waals surface area contributed by atoms with Gasteiger partial charge in [-0.05, 0) is 25.7 Å². The molecule has 1 fully saturated rings. The molecule has 0 aromatic heterocycles. The Balaban J connectivity index is 2.27. The molecular formula is C10H21NO2. The van der Waals surface area contributed by atoms with Crippen LogP contribution in [0.25, 0.3) is 0 Å². The fourth-order valence-electron chi connectivity index (χ4n) is 1.92. The maximum atomic E-state index is 9.60. The summed E-state index contributed by atoms with van der Waals surface area (Å²) in [5.41, 5.74) is 0. The smallest absolute Gasteiger partial charge is 0.0693 e. The monoisotopic (exact) mass is 187 g/mol. The van der Waals surface area contributed by atoms with Crippen molar-refractivity contribution < 1.29 is 9.84 Å². The summed E-state index contributed by atoms with van der Waals surface area (Å²) in [6.45, 7) is 2.87. The summed E-state index contributed by atoms with van der Waals surface area (Å²) in [4.78, 5) is 0. The minimum absolute atomic E-state index is 0.147. The van der Waals surface area contributed by atoms with Crippen LogP contribution < -0.4 is 5.32 Å². The van der Waals surface area contributed by atoms with Crippen LogP contribution in [0.5, 0.6) is 0 Å². The molecule has 1 unspecified atom stereocenters. The summed E-state index contributed by atoms with van der Waals surface area (Å²) in [7, 11) is 1.72. The van der Waals surface area contributed by atoms with Crippen molar-refractivity contribution in [2.45, 2.75) is 50.8 Å². The van der Waals surface area contributed by atoms with Crippen LogP contribution in [-0.2, 0) is 4.74 Å². The largest absolute Gasteiger partial charge is 0.392 e. The van der Waals surface area contributed by atoms with Gasteiger partial charge in [0, 0.05) is 19.2 Å². The zero-order valence-corrected chi connectivity index (χ0v) is 8.62. The van der Waals surface area contributed by atoms with Gasteiger partial charge < -0.3 is 15.2 Å². The molecule has 1 aliphatic carbocycles. The van der Waals surface area contributed by atoms with Crippen LogP contribution in [0.1, 0.15) is 32.6 Å². The number of hydrogen-bond acceptors (Lipinski definition) is 3. The molecule has 0 spiro atoms. The molecule has 0 aromatic carbocycles. The molecule has 3 nitrogen and oxygen atoms in total. The summed E-state index contributed by atoms with van der Waals surface area (Å²) in [6.07, 6.45) is 4.09. The highest BCUT2D eigenvalue weighted by molar-refractivity contribution is 4.85. The van der Waals surface area contributed by atoms with E-state index in [4.69, 9.17) is 4.74 Å². The van der Waals surface area contributed by atoms with Gasteiger partial charge in [-0.15, -0.1) is 0 Å². The average molecular weight is 187 g/mol. The maximum absolute atomic E-state index is 9.60. The van der Waals surface area contributed by atoms with Gasteiger partial charge in [-0.25, -0.2) is 0 Å². The second-order valence-electron chi connectivity index (χ2n) is 3.83. The first-order valence-electron chi connectivity index (χ1n) is 5.21. The summed E-state index contributed by atoms with van der Waals surface area (Å²) in [5, 5.41) is 13.0. The van der Waals surface area contributed by atoms with Crippen LogP contribution in [-0.4, -0.2) is 37.0 Å². The fraction of sp³-hybridized carbons (Fsp3) is 1.00. The lowest BCUT2D eigenvalue weighted by Gasteiger charge is -2.23. The van der Waals surface area contributed by atoms with Crippen molar-refractivity contribution in [2.24, 2.45) is 0 Å². The first-order chi connectivity index (χ1) is 6.27. The molecular weight excluding hydrogens is 166 g/mol. The van der Waals surface area contributed by atoms with Gasteiger partial charge in [-0.3, -0.25) is 0 Å². The summed E-state index contributed by atoms with van der Waals surface area (Å²) < 4.78 is 5.10. The van der Waals surface area contributed by atoms with Gasteiger partial charge in [0.15, 0.2) is 0 Å². The normalized spacial score (nSPS) is 30.7. The molecule has 3 atom stereocenters. The van der Waals surface area contributed by atoms with Crippen LogP contribution in [0, 0.1) is 0 Å². The quantitative estimate of drug-likeness (QED) is 0.672. The van der Waals surface area contributed by atoms with Gasteiger partial charge in [0.25, 0.3) is 0 Å². The lowest BCUT2D eigenvalue weighted by molar-refractivity contribution is 0.117. The molecule has 0 heterocycles. The zero-order valence-electron chi connectivity index (χ0n) is 8.62. The molecule has 0 amide bonds. The summed E-state index contributed by atoms with van der Waals surface area (Å²) >= 11 is 0. The van der Waals surface area contributed by atoms with Crippen molar-refractivity contribution in [1.29, 1.82) is 0 Å². The SMILES string of the molecule is CCC(COC)N[C@H]1CCC[C@@H]1O. The highest BCUT2D eigenvalue weighted by Gasteiger charge is 2.26. The molecule has 0 aliphatic heterocycles. The van der Waals surface area contributed by atoms with E-state index in [0.717, 1.165) is 32.3 Å². The first-order valence-corrected chi connectivity index (χ1v) is 5.21. The predicted octanol–water partition coefficient (Wildman–Crippen LogP) is 0.914. The minimum Gasteiger partial charge on any atom is -0.392 e. The van der Waals surface area contributed by atoms with Gasteiger partial charge in [-0.2, -0.15) is 0 Å². The molecule has 1 aliphatic rings. The van der Waals surface area contributed by atoms with Crippen molar-refractivity contribution in [2.75, 3.05) is 13.7 Å². The third-order valence-electron chi connectivity index (χ3n) is 2.79. The standard InChI is InChI=1S/C10H21NO2/c1-3-8(7-13-2)11-9-5-4-6-10(9)12/h8-12H,3-7H2,1-2H3/t8?,9-,10-/m0/s1. The Morgan fingerprint density at radius 3 is 2.77 bits per heavy atom. The molecule has 0 aromatic rings. The number of nitrogens with one attached hydrogen (secondary N) is 1. The zero-order chi connectivity index (χ0) is 9.68. The van der Waals surface area contributed by atoms with Crippen LogP contribution in [0.2, 0.25) is 0 Å². The molecule has 13 heavy (non-hydrogen) atoms. The van der Waals surface area contributed by atoms with E-state index in [2.05, 4.69) is 12.2 Å². The Kier molecular flexibility index (Phi) is 4.70. The Bertz CT molecular complexity index is 141. The number of hydrogen-bond donors (Lipinski definition) is 2. The van der Waals surface area contributed by atoms with E-state index in [1.54, 1.807) is 7.11 Å². The average Bonchev–Trinajstić information content (AvgIpc) is 2.51. The lowest BCUT2D eigenvalue weighted by Crippen LogP contribution is -2.44. The predicted molar refractivity (Wildman–Crippen MR) is 52.7 cm³/mol. The molecule has 3 heteroatoms. The van der Waals surface area contributed by atoms with Gasteiger partial charge in [0.05, 0.1) is 12.7 Å². The van der Waals surface area contributed by atoms with Gasteiger partial charge >= 0.3 is 0 Å². The van der Waals surface area contributed by atoms with Crippen LogP contribution >= 0.6 is 0 Å². The lowest BCUT2D eigenvalue weighted by atomic mass is 10.1. The summed E-state index contributed by atoms with van der Waals surface area (Å²) in [5.74, 6) is 0. The number of ether oxygens (including phenoxy) is 1. The fourth-order valence-corrected chi connectivity index (χ4v) is 1.92. The van der Waals surface area contributed by atoms with Crippen LogP contribution in [0.4, 0.5) is 0 Å². The Hall–Kier alpha value is -0.120. The van der Waals surface area contributed by atoms with E-state index in [-0.39, 0.29) is 6.10 Å². The van der Waals surface area contributed by atoms with E-state index in [1.807, 2.05) is 0 Å². The number of aliphatic hydroxyl groups is 1. The number of rotatable bonds is 5. The van der Waals surface area contributed by atoms with E-state index in [0.29, 0.717) is 12.1 Å². The third kappa shape index (κ3) is 3.25. The van der Waals surface area contributed by atoms with E-state index >= 15 is 0 Å². The van der Waals surface area contributed by atoms with Crippen LogP contribution in [0.3, 0.4) is 0 Å². The van der Waals surface area contributed by atoms with Crippen LogP contribution in [0.15, 0.2) is 0 Å². The maximum Gasteiger partial charge on any atom is 0.0693 e. The minimum atomic E-state index is -0.147. The second kappa shape index (κ2) is 5.58.